The number of aliphatic hydroxyl groups excluding tert-OH is 1. The van der Waals surface area contributed by atoms with Crippen LogP contribution in [0.3, 0.4) is 0 Å². The fourth-order valence-electron chi connectivity index (χ4n) is 1.04. The Bertz CT molecular complexity index is 189. The van der Waals surface area contributed by atoms with Gasteiger partial charge in [0.2, 0.25) is 6.10 Å². The highest BCUT2D eigenvalue weighted by atomic mass is 16.5. The second-order valence-corrected chi connectivity index (χ2v) is 3.08. The van der Waals surface area contributed by atoms with Crippen LogP contribution in [0.1, 0.15) is 39.5 Å². The molecule has 0 aromatic rings. The molecule has 0 aliphatic rings. The van der Waals surface area contributed by atoms with Gasteiger partial charge in [-0.1, -0.05) is 19.8 Å². The highest BCUT2D eigenvalue weighted by Gasteiger charge is 2.23. The maximum atomic E-state index is 11.2. The van der Waals surface area contributed by atoms with E-state index in [2.05, 4.69) is 4.74 Å². The van der Waals surface area contributed by atoms with Crippen LogP contribution in [0.15, 0.2) is 0 Å². The molecule has 0 heterocycles. The molecule has 0 fully saturated rings. The molecule has 0 aromatic carbocycles. The molecule has 82 valence electrons. The van der Waals surface area contributed by atoms with Crippen LogP contribution in [0.2, 0.25) is 0 Å². The first-order valence-corrected chi connectivity index (χ1v) is 5.00. The van der Waals surface area contributed by atoms with E-state index >= 15 is 0 Å². The third kappa shape index (κ3) is 4.97. The van der Waals surface area contributed by atoms with E-state index in [0.717, 1.165) is 12.8 Å². The monoisotopic (exact) mass is 202 g/mol. The number of hydrogen-bond donors (Lipinski definition) is 1. The third-order valence-electron chi connectivity index (χ3n) is 1.84. The van der Waals surface area contributed by atoms with Crippen molar-refractivity contribution in [2.45, 2.75) is 45.6 Å². The fraction of sp³-hybridized carbons (Fsp3) is 0.800. The standard InChI is InChI=1S/C10H18O4/c1-3-5-6-7-8(11)9(12)10(13)14-4-2/h9,12H,3-7H2,1-2H3. The molecule has 0 spiro atoms. The van der Waals surface area contributed by atoms with Crippen LogP contribution in [-0.2, 0) is 14.3 Å². The molecule has 14 heavy (non-hydrogen) atoms. The topological polar surface area (TPSA) is 63.6 Å². The van der Waals surface area contributed by atoms with Gasteiger partial charge in [-0.25, -0.2) is 4.79 Å². The van der Waals surface area contributed by atoms with Gasteiger partial charge in [-0.15, -0.1) is 0 Å². The number of Topliss-reactive ketones (excluding diaryl/α,β-unsaturated/α-hetero) is 1. The van der Waals surface area contributed by atoms with Gasteiger partial charge in [-0.2, -0.15) is 0 Å². The Morgan fingerprint density at radius 1 is 1.29 bits per heavy atom. The Morgan fingerprint density at radius 3 is 2.43 bits per heavy atom. The highest BCUT2D eigenvalue weighted by Crippen LogP contribution is 2.03. The van der Waals surface area contributed by atoms with Gasteiger partial charge in [0.1, 0.15) is 0 Å². The Balaban J connectivity index is 3.80. The molecule has 0 saturated carbocycles. The molecule has 0 amide bonds. The molecule has 0 bridgehead atoms. The van der Waals surface area contributed by atoms with Crippen molar-refractivity contribution in [1.82, 2.24) is 0 Å². The van der Waals surface area contributed by atoms with Crippen LogP contribution in [0, 0.1) is 0 Å². The Morgan fingerprint density at radius 2 is 1.93 bits per heavy atom. The third-order valence-corrected chi connectivity index (χ3v) is 1.84. The van der Waals surface area contributed by atoms with Crippen molar-refractivity contribution in [2.75, 3.05) is 6.61 Å². The summed E-state index contributed by atoms with van der Waals surface area (Å²) < 4.78 is 4.52. The SMILES string of the molecule is CCCCCC(=O)C(O)C(=O)OCC. The van der Waals surface area contributed by atoms with E-state index in [1.54, 1.807) is 6.92 Å². The normalized spacial score (nSPS) is 12.2. The number of carbonyl (C=O) groups is 2. The second kappa shape index (κ2) is 7.50. The minimum Gasteiger partial charge on any atom is -0.464 e. The molecule has 0 saturated heterocycles. The Hall–Kier alpha value is -0.900. The van der Waals surface area contributed by atoms with Crippen LogP contribution in [-0.4, -0.2) is 29.6 Å². The van der Waals surface area contributed by atoms with E-state index in [1.807, 2.05) is 6.92 Å². The zero-order valence-electron chi connectivity index (χ0n) is 8.78. The lowest BCUT2D eigenvalue weighted by Gasteiger charge is -2.07. The molecule has 0 aliphatic carbocycles. The largest absolute Gasteiger partial charge is 0.464 e. The molecule has 0 aliphatic heterocycles. The quantitative estimate of drug-likeness (QED) is 0.381. The molecule has 0 aromatic heterocycles. The molecule has 1 atom stereocenters. The molecule has 0 rings (SSSR count). The van der Waals surface area contributed by atoms with Crippen LogP contribution in [0.5, 0.6) is 0 Å². The number of unbranched alkanes of at least 4 members (excludes halogenated alkanes) is 2. The van der Waals surface area contributed by atoms with Crippen molar-refractivity contribution in [1.29, 1.82) is 0 Å². The number of ether oxygens (including phenoxy) is 1. The summed E-state index contributed by atoms with van der Waals surface area (Å²) in [7, 11) is 0. The van der Waals surface area contributed by atoms with Crippen molar-refractivity contribution >= 4 is 11.8 Å². The van der Waals surface area contributed by atoms with Crippen LogP contribution < -0.4 is 0 Å². The number of aliphatic hydroxyl groups is 1. The molecular weight excluding hydrogens is 184 g/mol. The molecule has 1 N–H and O–H groups in total. The molecular formula is C10H18O4. The minimum atomic E-state index is -1.59. The lowest BCUT2D eigenvalue weighted by atomic mass is 10.1. The van der Waals surface area contributed by atoms with Crippen molar-refractivity contribution in [3.63, 3.8) is 0 Å². The van der Waals surface area contributed by atoms with Gasteiger partial charge in [-0.05, 0) is 13.3 Å². The van der Waals surface area contributed by atoms with Gasteiger partial charge in [0.25, 0.3) is 0 Å². The van der Waals surface area contributed by atoms with Crippen LogP contribution >= 0.6 is 0 Å². The lowest BCUT2D eigenvalue weighted by Crippen LogP contribution is -2.31. The van der Waals surface area contributed by atoms with Gasteiger partial charge >= 0.3 is 5.97 Å². The summed E-state index contributed by atoms with van der Waals surface area (Å²) in [6, 6.07) is 0. The summed E-state index contributed by atoms with van der Waals surface area (Å²) in [4.78, 5) is 22.1. The predicted molar refractivity (Wildman–Crippen MR) is 51.8 cm³/mol. The summed E-state index contributed by atoms with van der Waals surface area (Å²) in [5, 5.41) is 9.19. The van der Waals surface area contributed by atoms with Crippen LogP contribution in [0.4, 0.5) is 0 Å². The molecule has 4 heteroatoms. The maximum absolute atomic E-state index is 11.2. The number of rotatable bonds is 7. The van der Waals surface area contributed by atoms with Crippen LogP contribution in [0.25, 0.3) is 0 Å². The fourth-order valence-corrected chi connectivity index (χ4v) is 1.04. The average Bonchev–Trinajstić information content (AvgIpc) is 2.17. The van der Waals surface area contributed by atoms with Gasteiger partial charge in [0.05, 0.1) is 6.61 Å². The zero-order valence-corrected chi connectivity index (χ0v) is 8.78. The summed E-state index contributed by atoms with van der Waals surface area (Å²) in [6.45, 7) is 3.83. The van der Waals surface area contributed by atoms with Gasteiger partial charge in [0, 0.05) is 6.42 Å². The van der Waals surface area contributed by atoms with E-state index < -0.39 is 17.9 Å². The van der Waals surface area contributed by atoms with Gasteiger partial charge in [0.15, 0.2) is 5.78 Å². The summed E-state index contributed by atoms with van der Waals surface area (Å²) in [5.74, 6) is -1.29. The Labute approximate surface area is 84.3 Å². The summed E-state index contributed by atoms with van der Waals surface area (Å²) in [6.07, 6.45) is 1.30. The van der Waals surface area contributed by atoms with E-state index in [0.29, 0.717) is 6.42 Å². The predicted octanol–water partition coefficient (Wildman–Crippen LogP) is 1.06. The van der Waals surface area contributed by atoms with E-state index in [9.17, 15) is 14.7 Å². The summed E-state index contributed by atoms with van der Waals surface area (Å²) in [5.41, 5.74) is 0. The molecule has 0 radical (unpaired) electrons. The van der Waals surface area contributed by atoms with Crippen molar-refractivity contribution in [3.05, 3.63) is 0 Å². The first-order valence-electron chi connectivity index (χ1n) is 5.00. The first-order chi connectivity index (χ1) is 6.63. The Kier molecular flexibility index (Phi) is 7.02. The zero-order chi connectivity index (χ0) is 11.0. The highest BCUT2D eigenvalue weighted by molar-refractivity contribution is 6.01. The average molecular weight is 202 g/mol. The van der Waals surface area contributed by atoms with E-state index in [-0.39, 0.29) is 13.0 Å². The van der Waals surface area contributed by atoms with Crippen molar-refractivity contribution in [3.8, 4) is 0 Å². The molecule has 1 unspecified atom stereocenters. The van der Waals surface area contributed by atoms with E-state index in [1.165, 1.54) is 0 Å². The lowest BCUT2D eigenvalue weighted by molar-refractivity contribution is -0.157. The van der Waals surface area contributed by atoms with Gasteiger partial charge < -0.3 is 9.84 Å². The number of ketones is 1. The minimum absolute atomic E-state index is 0.179. The maximum Gasteiger partial charge on any atom is 0.342 e. The summed E-state index contributed by atoms with van der Waals surface area (Å²) >= 11 is 0. The molecule has 4 nitrogen and oxygen atoms in total. The number of hydrogen-bond acceptors (Lipinski definition) is 4. The first kappa shape index (κ1) is 13.1. The number of carbonyl (C=O) groups excluding carboxylic acids is 2. The number of esters is 1. The smallest absolute Gasteiger partial charge is 0.342 e. The second-order valence-electron chi connectivity index (χ2n) is 3.08. The van der Waals surface area contributed by atoms with Crippen molar-refractivity contribution < 1.29 is 19.4 Å². The van der Waals surface area contributed by atoms with Crippen molar-refractivity contribution in [2.24, 2.45) is 0 Å². The van der Waals surface area contributed by atoms with Gasteiger partial charge in [-0.3, -0.25) is 4.79 Å². The van der Waals surface area contributed by atoms with E-state index in [4.69, 9.17) is 0 Å².